The van der Waals surface area contributed by atoms with Crippen molar-refractivity contribution in [2.24, 2.45) is 0 Å². The van der Waals surface area contributed by atoms with Crippen molar-refractivity contribution in [3.63, 3.8) is 0 Å². The molecule has 0 aliphatic heterocycles. The van der Waals surface area contributed by atoms with E-state index >= 15 is 0 Å². The van der Waals surface area contributed by atoms with E-state index in [-0.39, 0.29) is 36.0 Å². The summed E-state index contributed by atoms with van der Waals surface area (Å²) in [5.41, 5.74) is 0. The summed E-state index contributed by atoms with van der Waals surface area (Å²) in [4.78, 5) is 12.4. The van der Waals surface area contributed by atoms with E-state index in [0.29, 0.717) is 6.54 Å². The second kappa shape index (κ2) is 17.5. The zero-order valence-electron chi connectivity index (χ0n) is 14.0. The standard InChI is InChI=1S/C16H33NO2.Na/c1-3-4-5-6-7-8-9-10-11-12-14-17(2)15-13-16(18)19;/h3-15H2,1-2H3,(H,18,19);/q;+1/p-1. The van der Waals surface area contributed by atoms with Gasteiger partial charge in [-0.25, -0.2) is 0 Å². The molecule has 0 N–H and O–H groups in total. The van der Waals surface area contributed by atoms with Crippen LogP contribution in [-0.2, 0) is 4.79 Å². The van der Waals surface area contributed by atoms with Gasteiger partial charge in [0.05, 0.1) is 0 Å². The predicted molar refractivity (Wildman–Crippen MR) is 79.0 cm³/mol. The number of carboxylic acid groups (broad SMARTS) is 1. The molecule has 0 aliphatic carbocycles. The minimum absolute atomic E-state index is 0. The van der Waals surface area contributed by atoms with Crippen LogP contribution in [0.1, 0.15) is 77.6 Å². The van der Waals surface area contributed by atoms with Gasteiger partial charge in [0.25, 0.3) is 0 Å². The molecule has 0 saturated heterocycles. The third-order valence-electron chi connectivity index (χ3n) is 3.59. The van der Waals surface area contributed by atoms with Crippen molar-refractivity contribution in [3.05, 3.63) is 0 Å². The van der Waals surface area contributed by atoms with E-state index in [4.69, 9.17) is 0 Å². The van der Waals surface area contributed by atoms with Gasteiger partial charge in [0, 0.05) is 12.5 Å². The summed E-state index contributed by atoms with van der Waals surface area (Å²) >= 11 is 0. The number of carbonyl (C=O) groups is 1. The van der Waals surface area contributed by atoms with Gasteiger partial charge in [-0.3, -0.25) is 0 Å². The fourth-order valence-corrected chi connectivity index (χ4v) is 2.26. The molecule has 0 heterocycles. The molecule has 3 nitrogen and oxygen atoms in total. The van der Waals surface area contributed by atoms with Crippen LogP contribution in [0.5, 0.6) is 0 Å². The van der Waals surface area contributed by atoms with E-state index in [9.17, 15) is 9.90 Å². The summed E-state index contributed by atoms with van der Waals surface area (Å²) in [6, 6.07) is 0. The SMILES string of the molecule is CCCCCCCCCCCCN(C)CCC(=O)[O-].[Na+]. The number of hydrogen-bond donors (Lipinski definition) is 0. The molecule has 0 aliphatic rings. The molecule has 0 aromatic carbocycles. The quantitative estimate of drug-likeness (QED) is 0.334. The molecular formula is C16H32NNaO2. The molecule has 0 aromatic heterocycles. The van der Waals surface area contributed by atoms with Crippen LogP contribution >= 0.6 is 0 Å². The minimum atomic E-state index is -0.949. The van der Waals surface area contributed by atoms with Crippen molar-refractivity contribution in [1.29, 1.82) is 0 Å². The molecule has 0 bridgehead atoms. The van der Waals surface area contributed by atoms with E-state index < -0.39 is 5.97 Å². The molecule has 0 rings (SSSR count). The molecule has 114 valence electrons. The first kappa shape index (κ1) is 22.7. The molecule has 0 aromatic rings. The average Bonchev–Trinajstić information content (AvgIpc) is 2.38. The third-order valence-corrected chi connectivity index (χ3v) is 3.59. The fourth-order valence-electron chi connectivity index (χ4n) is 2.26. The Hall–Kier alpha value is 0.430. The number of carboxylic acids is 1. The van der Waals surface area contributed by atoms with Crippen LogP contribution in [0.3, 0.4) is 0 Å². The predicted octanol–water partition coefficient (Wildman–Crippen LogP) is -0.0169. The Kier molecular flexibility index (Phi) is 19.8. The maximum Gasteiger partial charge on any atom is 1.00 e. The Morgan fingerprint density at radius 1 is 0.850 bits per heavy atom. The van der Waals surface area contributed by atoms with Gasteiger partial charge in [-0.1, -0.05) is 64.7 Å². The van der Waals surface area contributed by atoms with Crippen molar-refractivity contribution in [2.75, 3.05) is 20.1 Å². The van der Waals surface area contributed by atoms with Crippen molar-refractivity contribution in [1.82, 2.24) is 4.90 Å². The molecule has 4 heteroatoms. The molecule has 0 atom stereocenters. The van der Waals surface area contributed by atoms with E-state index in [2.05, 4.69) is 11.8 Å². The van der Waals surface area contributed by atoms with E-state index in [0.717, 1.165) is 6.54 Å². The van der Waals surface area contributed by atoms with E-state index in [1.807, 2.05) is 7.05 Å². The summed E-state index contributed by atoms with van der Waals surface area (Å²) in [6.07, 6.45) is 13.6. The van der Waals surface area contributed by atoms with Gasteiger partial charge < -0.3 is 14.8 Å². The number of carbonyl (C=O) groups excluding carboxylic acids is 1. The number of unbranched alkanes of at least 4 members (excludes halogenated alkanes) is 9. The maximum atomic E-state index is 10.3. The van der Waals surface area contributed by atoms with E-state index in [1.54, 1.807) is 0 Å². The molecule has 0 radical (unpaired) electrons. The summed E-state index contributed by atoms with van der Waals surface area (Å²) in [7, 11) is 1.98. The zero-order valence-corrected chi connectivity index (χ0v) is 16.0. The van der Waals surface area contributed by atoms with Crippen molar-refractivity contribution < 1.29 is 39.5 Å². The third kappa shape index (κ3) is 18.4. The van der Waals surface area contributed by atoms with Gasteiger partial charge >= 0.3 is 29.6 Å². The van der Waals surface area contributed by atoms with Crippen molar-refractivity contribution in [3.8, 4) is 0 Å². The molecule has 0 fully saturated rings. The number of aliphatic carboxylic acids is 1. The Labute approximate surface area is 147 Å². The topological polar surface area (TPSA) is 43.4 Å². The number of nitrogens with zero attached hydrogens (tertiary/aromatic N) is 1. The molecular weight excluding hydrogens is 261 g/mol. The van der Waals surface area contributed by atoms with Crippen LogP contribution in [0.25, 0.3) is 0 Å². The van der Waals surface area contributed by atoms with Crippen LogP contribution in [0.4, 0.5) is 0 Å². The molecule has 0 amide bonds. The summed E-state index contributed by atoms with van der Waals surface area (Å²) in [5, 5.41) is 10.3. The van der Waals surface area contributed by atoms with Gasteiger partial charge in [0.15, 0.2) is 0 Å². The van der Waals surface area contributed by atoms with Crippen LogP contribution in [0, 0.1) is 0 Å². The molecule has 0 unspecified atom stereocenters. The minimum Gasteiger partial charge on any atom is -0.550 e. The zero-order chi connectivity index (χ0) is 14.3. The average molecular weight is 293 g/mol. The normalized spacial score (nSPS) is 10.6. The first-order valence-corrected chi connectivity index (χ1v) is 8.05. The van der Waals surface area contributed by atoms with Gasteiger partial charge in [-0.2, -0.15) is 0 Å². The molecule has 20 heavy (non-hydrogen) atoms. The monoisotopic (exact) mass is 293 g/mol. The van der Waals surface area contributed by atoms with Gasteiger partial charge in [-0.05, 0) is 26.4 Å². The van der Waals surface area contributed by atoms with Gasteiger partial charge in [-0.15, -0.1) is 0 Å². The van der Waals surface area contributed by atoms with Gasteiger partial charge in [0.2, 0.25) is 0 Å². The first-order chi connectivity index (χ1) is 9.16. The van der Waals surface area contributed by atoms with E-state index in [1.165, 1.54) is 64.2 Å². The summed E-state index contributed by atoms with van der Waals surface area (Å²) < 4.78 is 0. The van der Waals surface area contributed by atoms with Gasteiger partial charge in [0.1, 0.15) is 0 Å². The van der Waals surface area contributed by atoms with Crippen LogP contribution in [-0.4, -0.2) is 31.0 Å². The number of rotatable bonds is 14. The second-order valence-corrected chi connectivity index (χ2v) is 5.61. The van der Waals surface area contributed by atoms with Crippen molar-refractivity contribution >= 4 is 5.97 Å². The second-order valence-electron chi connectivity index (χ2n) is 5.61. The maximum absolute atomic E-state index is 10.3. The molecule has 0 spiro atoms. The Morgan fingerprint density at radius 2 is 1.30 bits per heavy atom. The largest absolute Gasteiger partial charge is 1.00 e. The molecule has 0 saturated carbocycles. The number of hydrogen-bond acceptors (Lipinski definition) is 3. The summed E-state index contributed by atoms with van der Waals surface area (Å²) in [5.74, 6) is -0.949. The van der Waals surface area contributed by atoms with Crippen molar-refractivity contribution in [2.45, 2.75) is 77.6 Å². The first-order valence-electron chi connectivity index (χ1n) is 8.05. The Bertz CT molecular complexity index is 213. The summed E-state index contributed by atoms with van der Waals surface area (Å²) in [6.45, 7) is 3.87. The Balaban J connectivity index is 0. The Morgan fingerprint density at radius 3 is 1.75 bits per heavy atom. The smallest absolute Gasteiger partial charge is 0.550 e. The van der Waals surface area contributed by atoms with Crippen LogP contribution in [0.15, 0.2) is 0 Å². The fraction of sp³-hybridized carbons (Fsp3) is 0.938. The van der Waals surface area contributed by atoms with Crippen LogP contribution in [0.2, 0.25) is 0 Å². The van der Waals surface area contributed by atoms with Crippen LogP contribution < -0.4 is 34.7 Å².